The Labute approximate surface area is 90.3 Å². The first-order valence-corrected chi connectivity index (χ1v) is 5.40. The van der Waals surface area contributed by atoms with Crippen molar-refractivity contribution in [3.05, 3.63) is 29.5 Å². The van der Waals surface area contributed by atoms with Gasteiger partial charge < -0.3 is 4.52 Å². The number of nitrogens with zero attached hydrogens (tertiary/aromatic N) is 1. The Hall–Kier alpha value is -1.31. The summed E-state index contributed by atoms with van der Waals surface area (Å²) in [5.74, 6) is 0. The van der Waals surface area contributed by atoms with Crippen molar-refractivity contribution in [3.8, 4) is 0 Å². The highest BCUT2D eigenvalue weighted by Gasteiger charge is 2.20. The molecular weight excluding hydrogens is 186 g/mol. The first-order valence-electron chi connectivity index (χ1n) is 5.40. The summed E-state index contributed by atoms with van der Waals surface area (Å²) in [5.41, 5.74) is 3.58. The maximum absolute atomic E-state index is 5.37. The largest absolute Gasteiger partial charge is 0.356 e. The van der Waals surface area contributed by atoms with Gasteiger partial charge in [-0.05, 0) is 17.4 Å². The first-order chi connectivity index (χ1) is 7.04. The predicted octanol–water partition coefficient (Wildman–Crippen LogP) is 3.69. The summed E-state index contributed by atoms with van der Waals surface area (Å²) in [6, 6.07) is 4.34. The minimum Gasteiger partial charge on any atom is -0.356 e. The van der Waals surface area contributed by atoms with Gasteiger partial charge in [-0.1, -0.05) is 45.0 Å². The van der Waals surface area contributed by atoms with Crippen molar-refractivity contribution < 1.29 is 4.52 Å². The summed E-state index contributed by atoms with van der Waals surface area (Å²) in [6.45, 7) is 8.72. The third kappa shape index (κ3) is 1.65. The normalized spacial score (nSPS) is 12.3. The van der Waals surface area contributed by atoms with E-state index in [1.54, 1.807) is 0 Å². The van der Waals surface area contributed by atoms with Crippen LogP contribution in [0.15, 0.2) is 22.9 Å². The number of hydrogen-bond acceptors (Lipinski definition) is 2. The minimum absolute atomic E-state index is 0.101. The Balaban J connectivity index is 2.74. The molecule has 0 atom stereocenters. The van der Waals surface area contributed by atoms with Crippen LogP contribution in [0.4, 0.5) is 0 Å². The van der Waals surface area contributed by atoms with Crippen LogP contribution < -0.4 is 0 Å². The average Bonchev–Trinajstić information content (AvgIpc) is 2.62. The quantitative estimate of drug-likeness (QED) is 0.706. The lowest BCUT2D eigenvalue weighted by Gasteiger charge is -2.19. The molecule has 15 heavy (non-hydrogen) atoms. The highest BCUT2D eigenvalue weighted by molar-refractivity contribution is 5.83. The topological polar surface area (TPSA) is 26.0 Å². The maximum atomic E-state index is 5.37. The van der Waals surface area contributed by atoms with E-state index in [-0.39, 0.29) is 5.41 Å². The molecule has 0 radical (unpaired) electrons. The minimum atomic E-state index is 0.101. The van der Waals surface area contributed by atoms with E-state index >= 15 is 0 Å². The van der Waals surface area contributed by atoms with Gasteiger partial charge in [-0.15, -0.1) is 0 Å². The molecule has 1 aromatic carbocycles. The molecule has 0 amide bonds. The van der Waals surface area contributed by atoms with E-state index in [9.17, 15) is 0 Å². The van der Waals surface area contributed by atoms with Crippen LogP contribution >= 0.6 is 0 Å². The molecule has 2 rings (SSSR count). The van der Waals surface area contributed by atoms with Gasteiger partial charge in [-0.3, -0.25) is 0 Å². The van der Waals surface area contributed by atoms with Crippen molar-refractivity contribution in [1.29, 1.82) is 0 Å². The van der Waals surface area contributed by atoms with Gasteiger partial charge in [-0.2, -0.15) is 0 Å². The second-order valence-corrected chi connectivity index (χ2v) is 4.94. The maximum Gasteiger partial charge on any atom is 0.170 e. The molecule has 0 aliphatic heterocycles. The molecule has 0 bridgehead atoms. The van der Waals surface area contributed by atoms with Crippen molar-refractivity contribution >= 4 is 11.0 Å². The highest BCUT2D eigenvalue weighted by Crippen LogP contribution is 2.31. The Morgan fingerprint density at radius 1 is 1.27 bits per heavy atom. The van der Waals surface area contributed by atoms with Gasteiger partial charge in [-0.25, -0.2) is 0 Å². The number of aryl methyl sites for hydroxylation is 1. The smallest absolute Gasteiger partial charge is 0.170 e. The van der Waals surface area contributed by atoms with Gasteiger partial charge in [0.2, 0.25) is 0 Å². The Bertz CT molecular complexity index is 477. The highest BCUT2D eigenvalue weighted by atomic mass is 16.5. The van der Waals surface area contributed by atoms with E-state index in [1.165, 1.54) is 11.1 Å². The van der Waals surface area contributed by atoms with Gasteiger partial charge in [0.05, 0.1) is 6.20 Å². The molecule has 0 saturated carbocycles. The van der Waals surface area contributed by atoms with Gasteiger partial charge in [0, 0.05) is 10.9 Å². The lowest BCUT2D eigenvalue weighted by molar-refractivity contribution is 0.446. The summed E-state index contributed by atoms with van der Waals surface area (Å²) in [5, 5.41) is 5.07. The Morgan fingerprint density at radius 2 is 2.00 bits per heavy atom. The molecule has 0 N–H and O–H groups in total. The zero-order chi connectivity index (χ0) is 11.1. The van der Waals surface area contributed by atoms with Crippen LogP contribution in [-0.4, -0.2) is 5.16 Å². The predicted molar refractivity (Wildman–Crippen MR) is 62.1 cm³/mol. The van der Waals surface area contributed by atoms with Crippen molar-refractivity contribution in [2.75, 3.05) is 0 Å². The number of hydrogen-bond donors (Lipinski definition) is 0. The summed E-state index contributed by atoms with van der Waals surface area (Å²) >= 11 is 0. The van der Waals surface area contributed by atoms with Crippen LogP contribution in [0.3, 0.4) is 0 Å². The van der Waals surface area contributed by atoms with Crippen LogP contribution in [0.25, 0.3) is 11.0 Å². The van der Waals surface area contributed by atoms with E-state index in [0.717, 1.165) is 17.4 Å². The van der Waals surface area contributed by atoms with Gasteiger partial charge in [0.1, 0.15) is 0 Å². The fraction of sp³-hybridized carbons (Fsp3) is 0.462. The monoisotopic (exact) mass is 203 g/mol. The Morgan fingerprint density at radius 3 is 2.60 bits per heavy atom. The lowest BCUT2D eigenvalue weighted by Crippen LogP contribution is -2.11. The second-order valence-electron chi connectivity index (χ2n) is 4.94. The van der Waals surface area contributed by atoms with Crippen molar-refractivity contribution in [2.24, 2.45) is 0 Å². The van der Waals surface area contributed by atoms with Crippen molar-refractivity contribution in [2.45, 2.75) is 39.5 Å². The lowest BCUT2D eigenvalue weighted by atomic mass is 9.85. The van der Waals surface area contributed by atoms with Crippen LogP contribution in [0.5, 0.6) is 0 Å². The van der Waals surface area contributed by atoms with E-state index in [1.807, 2.05) is 6.20 Å². The van der Waals surface area contributed by atoms with E-state index < -0.39 is 0 Å². The molecule has 0 saturated heterocycles. The molecule has 80 valence electrons. The number of aromatic nitrogens is 1. The SMILES string of the molecule is CCc1ccc(C(C)(C)C)c2oncc12. The zero-order valence-corrected chi connectivity index (χ0v) is 9.79. The molecule has 0 spiro atoms. The summed E-state index contributed by atoms with van der Waals surface area (Å²) < 4.78 is 5.37. The molecule has 2 nitrogen and oxygen atoms in total. The van der Waals surface area contributed by atoms with Crippen LogP contribution in [-0.2, 0) is 11.8 Å². The molecule has 0 aliphatic carbocycles. The number of fused-ring (bicyclic) bond motifs is 1. The summed E-state index contributed by atoms with van der Waals surface area (Å²) in [4.78, 5) is 0. The molecule has 2 heteroatoms. The van der Waals surface area contributed by atoms with Gasteiger partial charge in [0.15, 0.2) is 5.58 Å². The molecule has 1 aromatic heterocycles. The van der Waals surface area contributed by atoms with Crippen LogP contribution in [0.1, 0.15) is 38.8 Å². The first kappa shape index (κ1) is 10.2. The van der Waals surface area contributed by atoms with E-state index in [4.69, 9.17) is 4.52 Å². The third-order valence-corrected chi connectivity index (χ3v) is 2.80. The van der Waals surface area contributed by atoms with Crippen molar-refractivity contribution in [3.63, 3.8) is 0 Å². The fourth-order valence-electron chi connectivity index (χ4n) is 1.91. The van der Waals surface area contributed by atoms with Gasteiger partial charge >= 0.3 is 0 Å². The van der Waals surface area contributed by atoms with Gasteiger partial charge in [0.25, 0.3) is 0 Å². The fourth-order valence-corrected chi connectivity index (χ4v) is 1.91. The molecule has 0 aliphatic rings. The van der Waals surface area contributed by atoms with Crippen LogP contribution in [0.2, 0.25) is 0 Å². The molecule has 1 heterocycles. The molecule has 0 fully saturated rings. The Kier molecular flexibility index (Phi) is 2.29. The number of benzene rings is 1. The molecule has 0 unspecified atom stereocenters. The average molecular weight is 203 g/mol. The standard InChI is InChI=1S/C13H17NO/c1-5-9-6-7-11(13(2,3)4)12-10(9)8-14-15-12/h6-8H,5H2,1-4H3. The molecule has 2 aromatic rings. The van der Waals surface area contributed by atoms with E-state index in [2.05, 4.69) is 45.0 Å². The summed E-state index contributed by atoms with van der Waals surface area (Å²) in [6.07, 6.45) is 2.84. The van der Waals surface area contributed by atoms with Crippen LogP contribution in [0, 0.1) is 0 Å². The zero-order valence-electron chi connectivity index (χ0n) is 9.79. The van der Waals surface area contributed by atoms with E-state index in [0.29, 0.717) is 0 Å². The second kappa shape index (κ2) is 3.37. The molecular formula is C13H17NO. The third-order valence-electron chi connectivity index (χ3n) is 2.80. The number of rotatable bonds is 1. The van der Waals surface area contributed by atoms with Crippen molar-refractivity contribution in [1.82, 2.24) is 5.16 Å². The summed E-state index contributed by atoms with van der Waals surface area (Å²) in [7, 11) is 0.